The van der Waals surface area contributed by atoms with E-state index in [4.69, 9.17) is 0 Å². The van der Waals surface area contributed by atoms with Crippen LogP contribution in [0, 0.1) is 13.8 Å². The van der Waals surface area contributed by atoms with E-state index in [1.807, 2.05) is 11.7 Å². The second-order valence-corrected chi connectivity index (χ2v) is 5.87. The lowest BCUT2D eigenvalue weighted by Crippen LogP contribution is -2.38. The summed E-state index contributed by atoms with van der Waals surface area (Å²) >= 11 is 0. The van der Waals surface area contributed by atoms with Gasteiger partial charge in [-0.05, 0) is 53.2 Å². The number of likely N-dealkylation sites (tertiary alicyclic amines) is 1. The Balaban J connectivity index is 1.74. The van der Waals surface area contributed by atoms with Gasteiger partial charge in [0, 0.05) is 30.9 Å². The van der Waals surface area contributed by atoms with Gasteiger partial charge in [0.1, 0.15) is 0 Å². The molecule has 108 valence electrons. The van der Waals surface area contributed by atoms with E-state index in [1.54, 1.807) is 0 Å². The first-order valence-electron chi connectivity index (χ1n) is 7.49. The topological polar surface area (TPSA) is 33.1 Å². The molecule has 0 amide bonds. The van der Waals surface area contributed by atoms with Gasteiger partial charge in [-0.15, -0.1) is 0 Å². The molecule has 2 heterocycles. The predicted molar refractivity (Wildman–Crippen MR) is 79.3 cm³/mol. The van der Waals surface area contributed by atoms with E-state index in [0.29, 0.717) is 0 Å². The number of hydrogen-bond acceptors (Lipinski definition) is 3. The normalized spacial score (nSPS) is 20.9. The molecule has 2 rings (SSSR count). The van der Waals surface area contributed by atoms with Crippen LogP contribution in [0.15, 0.2) is 0 Å². The fourth-order valence-corrected chi connectivity index (χ4v) is 3.06. The van der Waals surface area contributed by atoms with Crippen molar-refractivity contribution < 1.29 is 0 Å². The summed E-state index contributed by atoms with van der Waals surface area (Å²) in [5.41, 5.74) is 3.79. The van der Waals surface area contributed by atoms with Crippen molar-refractivity contribution in [1.29, 1.82) is 0 Å². The number of nitrogens with one attached hydrogen (secondary N) is 1. The third kappa shape index (κ3) is 3.57. The smallest absolute Gasteiger partial charge is 0.0641 e. The minimum Gasteiger partial charge on any atom is -0.312 e. The standard InChI is InChI=1S/C15H28N4/c1-12-15(13(2)19(4)17-12)11-16-9-8-14-7-5-6-10-18(14)3/h14,16H,5-11H2,1-4H3. The second kappa shape index (κ2) is 6.53. The molecule has 19 heavy (non-hydrogen) atoms. The number of hydrogen-bond donors (Lipinski definition) is 1. The van der Waals surface area contributed by atoms with Gasteiger partial charge in [-0.1, -0.05) is 6.42 Å². The van der Waals surface area contributed by atoms with Gasteiger partial charge in [0.25, 0.3) is 0 Å². The van der Waals surface area contributed by atoms with E-state index in [0.717, 1.165) is 24.8 Å². The SMILES string of the molecule is Cc1nn(C)c(C)c1CNCCC1CCCCN1C. The van der Waals surface area contributed by atoms with Crippen molar-refractivity contribution >= 4 is 0 Å². The molecule has 1 atom stereocenters. The molecule has 0 bridgehead atoms. The maximum Gasteiger partial charge on any atom is 0.0641 e. The van der Waals surface area contributed by atoms with Crippen molar-refractivity contribution in [3.05, 3.63) is 17.0 Å². The molecule has 0 spiro atoms. The lowest BCUT2D eigenvalue weighted by Gasteiger charge is -2.32. The minimum absolute atomic E-state index is 0.775. The monoisotopic (exact) mass is 264 g/mol. The first kappa shape index (κ1) is 14.5. The molecule has 1 N–H and O–H groups in total. The van der Waals surface area contributed by atoms with Crippen LogP contribution in [0.1, 0.15) is 42.6 Å². The van der Waals surface area contributed by atoms with Crippen LogP contribution in [0.25, 0.3) is 0 Å². The minimum atomic E-state index is 0.775. The number of aromatic nitrogens is 2. The van der Waals surface area contributed by atoms with Gasteiger partial charge in [0.05, 0.1) is 5.69 Å². The Kier molecular flexibility index (Phi) is 4.99. The predicted octanol–water partition coefficient (Wildman–Crippen LogP) is 2.00. The molecule has 1 fully saturated rings. The molecule has 1 aliphatic rings. The summed E-state index contributed by atoms with van der Waals surface area (Å²) in [5.74, 6) is 0. The molecule has 1 aliphatic heterocycles. The summed E-state index contributed by atoms with van der Waals surface area (Å²) in [4.78, 5) is 2.52. The van der Waals surface area contributed by atoms with E-state index in [2.05, 4.69) is 36.2 Å². The van der Waals surface area contributed by atoms with E-state index < -0.39 is 0 Å². The zero-order chi connectivity index (χ0) is 13.8. The molecule has 0 saturated carbocycles. The van der Waals surface area contributed by atoms with Crippen LogP contribution < -0.4 is 5.32 Å². The summed E-state index contributed by atoms with van der Waals surface area (Å²) in [6, 6.07) is 0.775. The highest BCUT2D eigenvalue weighted by atomic mass is 15.3. The summed E-state index contributed by atoms with van der Waals surface area (Å²) in [7, 11) is 4.28. The Labute approximate surface area is 117 Å². The van der Waals surface area contributed by atoms with Crippen LogP contribution >= 0.6 is 0 Å². The molecule has 4 nitrogen and oxygen atoms in total. The number of aryl methyl sites for hydroxylation is 2. The largest absolute Gasteiger partial charge is 0.312 e. The molecule has 1 aromatic rings. The lowest BCUT2D eigenvalue weighted by atomic mass is 10.0. The third-order valence-corrected chi connectivity index (χ3v) is 4.54. The summed E-state index contributed by atoms with van der Waals surface area (Å²) in [6.45, 7) is 7.56. The first-order valence-corrected chi connectivity index (χ1v) is 7.49. The highest BCUT2D eigenvalue weighted by Gasteiger charge is 2.18. The van der Waals surface area contributed by atoms with Crippen LogP contribution in [0.5, 0.6) is 0 Å². The average molecular weight is 264 g/mol. The van der Waals surface area contributed by atoms with Crippen molar-refractivity contribution in [3.63, 3.8) is 0 Å². The Morgan fingerprint density at radius 3 is 2.68 bits per heavy atom. The second-order valence-electron chi connectivity index (χ2n) is 5.87. The Bertz CT molecular complexity index is 411. The number of rotatable bonds is 5. The molecule has 0 aliphatic carbocycles. The first-order chi connectivity index (χ1) is 9.09. The maximum absolute atomic E-state index is 4.46. The van der Waals surface area contributed by atoms with Gasteiger partial charge in [-0.2, -0.15) is 5.10 Å². The zero-order valence-corrected chi connectivity index (χ0v) is 12.9. The maximum atomic E-state index is 4.46. The molecular weight excluding hydrogens is 236 g/mol. The Hall–Kier alpha value is -0.870. The molecule has 1 saturated heterocycles. The number of nitrogens with zero attached hydrogens (tertiary/aromatic N) is 3. The van der Waals surface area contributed by atoms with Crippen LogP contribution in [0.4, 0.5) is 0 Å². The van der Waals surface area contributed by atoms with Gasteiger partial charge in [-0.3, -0.25) is 4.68 Å². The average Bonchev–Trinajstić information content (AvgIpc) is 2.62. The van der Waals surface area contributed by atoms with Gasteiger partial charge < -0.3 is 10.2 Å². The van der Waals surface area contributed by atoms with E-state index in [-0.39, 0.29) is 0 Å². The fraction of sp³-hybridized carbons (Fsp3) is 0.800. The van der Waals surface area contributed by atoms with Crippen LogP contribution in [-0.2, 0) is 13.6 Å². The van der Waals surface area contributed by atoms with Gasteiger partial charge in [-0.25, -0.2) is 0 Å². The summed E-state index contributed by atoms with van der Waals surface area (Å²) in [6.07, 6.45) is 5.39. The van der Waals surface area contributed by atoms with Crippen molar-refractivity contribution in [3.8, 4) is 0 Å². The van der Waals surface area contributed by atoms with Crippen molar-refractivity contribution in [1.82, 2.24) is 20.0 Å². The molecule has 1 aromatic heterocycles. The third-order valence-electron chi connectivity index (χ3n) is 4.54. The summed E-state index contributed by atoms with van der Waals surface area (Å²) < 4.78 is 1.97. The van der Waals surface area contributed by atoms with Crippen molar-refractivity contribution in [2.45, 2.75) is 52.1 Å². The van der Waals surface area contributed by atoms with Crippen molar-refractivity contribution in [2.24, 2.45) is 7.05 Å². The Morgan fingerprint density at radius 2 is 2.05 bits per heavy atom. The zero-order valence-electron chi connectivity index (χ0n) is 12.9. The van der Waals surface area contributed by atoms with Crippen LogP contribution in [0.3, 0.4) is 0 Å². The fourth-order valence-electron chi connectivity index (χ4n) is 3.06. The quantitative estimate of drug-likeness (QED) is 0.826. The highest BCUT2D eigenvalue weighted by molar-refractivity contribution is 5.23. The highest BCUT2D eigenvalue weighted by Crippen LogP contribution is 2.17. The van der Waals surface area contributed by atoms with Gasteiger partial charge >= 0.3 is 0 Å². The lowest BCUT2D eigenvalue weighted by molar-refractivity contribution is 0.175. The van der Waals surface area contributed by atoms with E-state index in [9.17, 15) is 0 Å². The molecule has 1 unspecified atom stereocenters. The van der Waals surface area contributed by atoms with Crippen LogP contribution in [-0.4, -0.2) is 40.9 Å². The van der Waals surface area contributed by atoms with Gasteiger partial charge in [0.2, 0.25) is 0 Å². The van der Waals surface area contributed by atoms with E-state index in [1.165, 1.54) is 43.5 Å². The molecular formula is C15H28N4. The van der Waals surface area contributed by atoms with E-state index >= 15 is 0 Å². The number of piperidine rings is 1. The molecule has 0 aromatic carbocycles. The van der Waals surface area contributed by atoms with Crippen molar-refractivity contribution in [2.75, 3.05) is 20.1 Å². The van der Waals surface area contributed by atoms with Gasteiger partial charge in [0.15, 0.2) is 0 Å². The molecule has 0 radical (unpaired) electrons. The molecule has 4 heteroatoms. The summed E-state index contributed by atoms with van der Waals surface area (Å²) in [5, 5.41) is 8.04. The Morgan fingerprint density at radius 1 is 1.26 bits per heavy atom. The van der Waals surface area contributed by atoms with Crippen LogP contribution in [0.2, 0.25) is 0 Å².